The number of amides is 2. The van der Waals surface area contributed by atoms with Gasteiger partial charge in [-0.1, -0.05) is 36.4 Å². The number of hydrogen-bond acceptors (Lipinski definition) is 4. The van der Waals surface area contributed by atoms with Crippen LogP contribution >= 0.6 is 0 Å². The summed E-state index contributed by atoms with van der Waals surface area (Å²) in [7, 11) is 0. The number of nitrogens with zero attached hydrogens (tertiary/aromatic N) is 2. The van der Waals surface area contributed by atoms with Gasteiger partial charge >= 0.3 is 0 Å². The van der Waals surface area contributed by atoms with Crippen LogP contribution in [0.4, 0.5) is 0 Å². The molecule has 0 atom stereocenters. The molecule has 0 radical (unpaired) electrons. The largest absolute Gasteiger partial charge is 0.489 e. The molecule has 0 saturated carbocycles. The number of piperazine rings is 1. The zero-order valence-corrected chi connectivity index (χ0v) is 15.8. The standard InChI is InChI=1S/C22H22N2O4/c1-16(25)23-11-13-24(14-12-23)22(26)21-19(15-27-17-7-3-2-4-8-17)18-9-5-6-10-20(18)28-21/h2-10H,11-15H2,1H3. The molecule has 0 bridgehead atoms. The maximum atomic E-state index is 13.2. The fraction of sp³-hybridized carbons (Fsp3) is 0.273. The molecule has 1 saturated heterocycles. The van der Waals surface area contributed by atoms with Gasteiger partial charge in [0.1, 0.15) is 17.9 Å². The third kappa shape index (κ3) is 3.58. The van der Waals surface area contributed by atoms with Gasteiger partial charge in [-0.25, -0.2) is 0 Å². The molecule has 0 N–H and O–H groups in total. The quantitative estimate of drug-likeness (QED) is 0.699. The van der Waals surface area contributed by atoms with Crippen LogP contribution in [0.15, 0.2) is 59.0 Å². The summed E-state index contributed by atoms with van der Waals surface area (Å²) in [6.45, 7) is 3.86. The van der Waals surface area contributed by atoms with E-state index in [1.54, 1.807) is 16.7 Å². The van der Waals surface area contributed by atoms with E-state index in [0.717, 1.165) is 16.7 Å². The van der Waals surface area contributed by atoms with Crippen molar-refractivity contribution in [1.29, 1.82) is 0 Å². The smallest absolute Gasteiger partial charge is 0.290 e. The normalized spacial score (nSPS) is 14.3. The molecule has 6 heteroatoms. The van der Waals surface area contributed by atoms with Crippen LogP contribution < -0.4 is 4.74 Å². The Morgan fingerprint density at radius 1 is 0.929 bits per heavy atom. The molecule has 2 amide bonds. The van der Waals surface area contributed by atoms with Gasteiger partial charge in [0.25, 0.3) is 5.91 Å². The SMILES string of the molecule is CC(=O)N1CCN(C(=O)c2oc3ccccc3c2COc2ccccc2)CC1. The van der Waals surface area contributed by atoms with Crippen molar-refractivity contribution in [2.75, 3.05) is 26.2 Å². The number of benzene rings is 2. The Morgan fingerprint density at radius 2 is 1.57 bits per heavy atom. The van der Waals surface area contributed by atoms with E-state index in [2.05, 4.69) is 0 Å². The van der Waals surface area contributed by atoms with E-state index in [1.165, 1.54) is 0 Å². The summed E-state index contributed by atoms with van der Waals surface area (Å²) >= 11 is 0. The maximum absolute atomic E-state index is 13.2. The average Bonchev–Trinajstić information content (AvgIpc) is 3.11. The predicted molar refractivity (Wildman–Crippen MR) is 105 cm³/mol. The Balaban J connectivity index is 1.59. The number of para-hydroxylation sites is 2. The van der Waals surface area contributed by atoms with Crippen molar-refractivity contribution in [3.63, 3.8) is 0 Å². The molecule has 0 aliphatic carbocycles. The first-order valence-electron chi connectivity index (χ1n) is 9.36. The topological polar surface area (TPSA) is 63.0 Å². The van der Waals surface area contributed by atoms with Gasteiger partial charge in [-0.15, -0.1) is 0 Å². The van der Waals surface area contributed by atoms with Gasteiger partial charge < -0.3 is 19.0 Å². The molecule has 0 spiro atoms. The number of ether oxygens (including phenoxy) is 1. The van der Waals surface area contributed by atoms with Crippen molar-refractivity contribution in [3.8, 4) is 5.75 Å². The summed E-state index contributed by atoms with van der Waals surface area (Å²) in [6, 6.07) is 17.1. The zero-order valence-electron chi connectivity index (χ0n) is 15.8. The van der Waals surface area contributed by atoms with Crippen molar-refractivity contribution in [3.05, 3.63) is 65.9 Å². The Hall–Kier alpha value is -3.28. The summed E-state index contributed by atoms with van der Waals surface area (Å²) in [5, 5.41) is 0.879. The van der Waals surface area contributed by atoms with Crippen LogP contribution in [0.25, 0.3) is 11.0 Å². The monoisotopic (exact) mass is 378 g/mol. The number of hydrogen-bond donors (Lipinski definition) is 0. The lowest BCUT2D eigenvalue weighted by Crippen LogP contribution is -2.50. The highest BCUT2D eigenvalue weighted by molar-refractivity contribution is 5.99. The maximum Gasteiger partial charge on any atom is 0.290 e. The van der Waals surface area contributed by atoms with E-state index < -0.39 is 0 Å². The Kier molecular flexibility index (Phi) is 5.02. The lowest BCUT2D eigenvalue weighted by atomic mass is 10.1. The summed E-state index contributed by atoms with van der Waals surface area (Å²) in [6.07, 6.45) is 0. The van der Waals surface area contributed by atoms with Crippen molar-refractivity contribution < 1.29 is 18.7 Å². The van der Waals surface area contributed by atoms with E-state index in [1.807, 2.05) is 54.6 Å². The summed E-state index contributed by atoms with van der Waals surface area (Å²) in [5.41, 5.74) is 1.42. The highest BCUT2D eigenvalue weighted by atomic mass is 16.5. The van der Waals surface area contributed by atoms with Gasteiger partial charge in [0.2, 0.25) is 5.91 Å². The number of carbonyl (C=O) groups is 2. The van der Waals surface area contributed by atoms with Crippen LogP contribution in [0.1, 0.15) is 23.0 Å². The molecule has 1 aliphatic heterocycles. The van der Waals surface area contributed by atoms with Crippen molar-refractivity contribution >= 4 is 22.8 Å². The fourth-order valence-corrected chi connectivity index (χ4v) is 3.46. The van der Waals surface area contributed by atoms with Gasteiger partial charge in [-0.05, 0) is 18.2 Å². The Morgan fingerprint density at radius 3 is 2.29 bits per heavy atom. The van der Waals surface area contributed by atoms with Crippen LogP contribution in [0.3, 0.4) is 0 Å². The van der Waals surface area contributed by atoms with Crippen LogP contribution in [0, 0.1) is 0 Å². The van der Waals surface area contributed by atoms with E-state index in [9.17, 15) is 9.59 Å². The summed E-state index contributed by atoms with van der Waals surface area (Å²) in [4.78, 5) is 28.2. The second-order valence-corrected chi connectivity index (χ2v) is 6.81. The number of carbonyl (C=O) groups excluding carboxylic acids is 2. The van der Waals surface area contributed by atoms with Crippen LogP contribution in [0.2, 0.25) is 0 Å². The molecule has 1 aromatic heterocycles. The molecule has 3 aromatic rings. The van der Waals surface area contributed by atoms with Crippen molar-refractivity contribution in [2.24, 2.45) is 0 Å². The van der Waals surface area contributed by atoms with Crippen LogP contribution in [-0.2, 0) is 11.4 Å². The third-order valence-electron chi connectivity index (χ3n) is 5.03. The van der Waals surface area contributed by atoms with Gasteiger partial charge in [0.15, 0.2) is 5.76 Å². The third-order valence-corrected chi connectivity index (χ3v) is 5.03. The summed E-state index contributed by atoms with van der Waals surface area (Å²) in [5.74, 6) is 0.925. The minimum absolute atomic E-state index is 0.0350. The van der Waals surface area contributed by atoms with Gasteiger partial charge in [0, 0.05) is 44.1 Å². The highest BCUT2D eigenvalue weighted by Crippen LogP contribution is 2.28. The second kappa shape index (κ2) is 7.76. The molecule has 2 heterocycles. The number of furan rings is 1. The molecule has 1 aliphatic rings. The molecule has 4 rings (SSSR count). The van der Waals surface area contributed by atoms with E-state index in [-0.39, 0.29) is 18.4 Å². The first-order chi connectivity index (χ1) is 13.6. The van der Waals surface area contributed by atoms with E-state index in [0.29, 0.717) is 37.5 Å². The lowest BCUT2D eigenvalue weighted by Gasteiger charge is -2.33. The lowest BCUT2D eigenvalue weighted by molar-refractivity contribution is -0.130. The van der Waals surface area contributed by atoms with Gasteiger partial charge in [-0.2, -0.15) is 0 Å². The molecule has 6 nitrogen and oxygen atoms in total. The molecule has 28 heavy (non-hydrogen) atoms. The minimum Gasteiger partial charge on any atom is -0.489 e. The van der Waals surface area contributed by atoms with Gasteiger partial charge in [0.05, 0.1) is 0 Å². The van der Waals surface area contributed by atoms with Gasteiger partial charge in [-0.3, -0.25) is 9.59 Å². The van der Waals surface area contributed by atoms with Crippen LogP contribution in [-0.4, -0.2) is 47.8 Å². The van der Waals surface area contributed by atoms with Crippen molar-refractivity contribution in [2.45, 2.75) is 13.5 Å². The molecule has 1 fully saturated rings. The molecule has 2 aromatic carbocycles. The van der Waals surface area contributed by atoms with Crippen LogP contribution in [0.5, 0.6) is 5.75 Å². The van der Waals surface area contributed by atoms with E-state index in [4.69, 9.17) is 9.15 Å². The average molecular weight is 378 g/mol. The number of rotatable bonds is 4. The second-order valence-electron chi connectivity index (χ2n) is 6.81. The first-order valence-corrected chi connectivity index (χ1v) is 9.36. The zero-order chi connectivity index (χ0) is 19.5. The molecule has 0 unspecified atom stereocenters. The molecule has 144 valence electrons. The first kappa shape index (κ1) is 18.1. The Labute approximate surface area is 163 Å². The van der Waals surface area contributed by atoms with Crippen molar-refractivity contribution in [1.82, 2.24) is 9.80 Å². The summed E-state index contributed by atoms with van der Waals surface area (Å²) < 4.78 is 11.8. The Bertz CT molecular complexity index is 988. The minimum atomic E-state index is -0.161. The highest BCUT2D eigenvalue weighted by Gasteiger charge is 2.28. The number of fused-ring (bicyclic) bond motifs is 1. The molecular formula is C22H22N2O4. The fourth-order valence-electron chi connectivity index (χ4n) is 3.46. The predicted octanol–water partition coefficient (Wildman–Crippen LogP) is 3.32. The van der Waals surface area contributed by atoms with E-state index >= 15 is 0 Å². The molecular weight excluding hydrogens is 356 g/mol.